The lowest BCUT2D eigenvalue weighted by molar-refractivity contribution is 0.100. The van der Waals surface area contributed by atoms with Gasteiger partial charge in [-0.25, -0.2) is 9.97 Å². The molecule has 1 unspecified atom stereocenters. The van der Waals surface area contributed by atoms with Gasteiger partial charge in [0.25, 0.3) is 5.91 Å². The Morgan fingerprint density at radius 2 is 1.93 bits per heavy atom. The van der Waals surface area contributed by atoms with Crippen molar-refractivity contribution < 1.29 is 4.79 Å². The molecular formula is C22H25N5O. The van der Waals surface area contributed by atoms with Gasteiger partial charge in [-0.1, -0.05) is 43.3 Å². The molecule has 1 fully saturated rings. The number of aryl methyl sites for hydroxylation is 1. The van der Waals surface area contributed by atoms with Gasteiger partial charge in [-0.2, -0.15) is 0 Å². The summed E-state index contributed by atoms with van der Waals surface area (Å²) in [5, 5.41) is 4.45. The number of fused-ring (bicyclic) bond motifs is 1. The van der Waals surface area contributed by atoms with Crippen molar-refractivity contribution in [1.82, 2.24) is 14.9 Å². The smallest absolute Gasteiger partial charge is 0.250 e. The van der Waals surface area contributed by atoms with Crippen LogP contribution in [0.4, 0.5) is 5.82 Å². The number of carbonyl (C=O) groups excluding carboxylic acids is 1. The summed E-state index contributed by atoms with van der Waals surface area (Å²) >= 11 is 0. The van der Waals surface area contributed by atoms with E-state index in [1.54, 1.807) is 6.07 Å². The van der Waals surface area contributed by atoms with E-state index >= 15 is 0 Å². The van der Waals surface area contributed by atoms with Crippen molar-refractivity contribution in [1.29, 1.82) is 0 Å². The normalized spacial score (nSPS) is 15.2. The van der Waals surface area contributed by atoms with Crippen molar-refractivity contribution in [2.45, 2.75) is 25.8 Å². The molecule has 28 heavy (non-hydrogen) atoms. The highest BCUT2D eigenvalue weighted by Gasteiger charge is 2.22. The molecule has 1 aliphatic rings. The molecule has 0 bridgehead atoms. The fraction of sp³-hybridized carbons (Fsp3) is 0.318. The maximum atomic E-state index is 11.9. The van der Waals surface area contributed by atoms with E-state index in [9.17, 15) is 4.79 Å². The lowest BCUT2D eigenvalue weighted by atomic mass is 10.0. The summed E-state index contributed by atoms with van der Waals surface area (Å²) in [6.07, 6.45) is 1.93. The Hall–Kier alpha value is -2.99. The van der Waals surface area contributed by atoms with Crippen LogP contribution in [0.25, 0.3) is 10.9 Å². The summed E-state index contributed by atoms with van der Waals surface area (Å²) in [6, 6.07) is 16.0. The Bertz CT molecular complexity index is 985. The largest absolute Gasteiger partial charge is 0.366 e. The van der Waals surface area contributed by atoms with Crippen molar-refractivity contribution in [2.75, 3.05) is 25.0 Å². The fourth-order valence-corrected chi connectivity index (χ4v) is 3.57. The number of nitrogens with zero attached hydrogens (tertiary/aromatic N) is 3. The van der Waals surface area contributed by atoms with Gasteiger partial charge < -0.3 is 16.0 Å². The Morgan fingerprint density at radius 1 is 1.14 bits per heavy atom. The number of benzene rings is 2. The van der Waals surface area contributed by atoms with Crippen LogP contribution >= 0.6 is 0 Å². The number of likely N-dealkylation sites (tertiary alicyclic amines) is 1. The summed E-state index contributed by atoms with van der Waals surface area (Å²) in [5.74, 6) is 0.969. The van der Waals surface area contributed by atoms with Crippen LogP contribution < -0.4 is 11.1 Å². The maximum absolute atomic E-state index is 11.9. The molecule has 6 heteroatoms. The van der Waals surface area contributed by atoms with Gasteiger partial charge in [0.15, 0.2) is 0 Å². The Balaban J connectivity index is 1.77. The SMILES string of the molecule is CCc1nc(NC(CN2CCC2)c2ccccc2)c2cccc(C(N)=O)c2n1. The Labute approximate surface area is 164 Å². The van der Waals surface area contributed by atoms with Crippen LogP contribution in [0.2, 0.25) is 0 Å². The summed E-state index contributed by atoms with van der Waals surface area (Å²) in [7, 11) is 0. The second-order valence-electron chi connectivity index (χ2n) is 7.17. The van der Waals surface area contributed by atoms with E-state index in [-0.39, 0.29) is 6.04 Å². The minimum atomic E-state index is -0.475. The highest BCUT2D eigenvalue weighted by atomic mass is 16.1. The number of aromatic nitrogens is 2. The molecule has 144 valence electrons. The first-order valence-electron chi connectivity index (χ1n) is 9.79. The van der Waals surface area contributed by atoms with Gasteiger partial charge in [-0.15, -0.1) is 0 Å². The van der Waals surface area contributed by atoms with Crippen LogP contribution in [0.3, 0.4) is 0 Å². The first kappa shape index (κ1) is 18.4. The molecule has 1 atom stereocenters. The predicted octanol–water partition coefficient (Wildman–Crippen LogP) is 3.15. The molecule has 1 amide bonds. The molecule has 1 aromatic heterocycles. The lowest BCUT2D eigenvalue weighted by Gasteiger charge is -2.35. The number of amides is 1. The average Bonchev–Trinajstić information content (AvgIpc) is 2.69. The zero-order valence-corrected chi connectivity index (χ0v) is 16.1. The van der Waals surface area contributed by atoms with E-state index in [1.165, 1.54) is 12.0 Å². The third-order valence-electron chi connectivity index (χ3n) is 5.26. The quantitative estimate of drug-likeness (QED) is 0.663. The average molecular weight is 375 g/mol. The summed E-state index contributed by atoms with van der Waals surface area (Å²) < 4.78 is 0. The summed E-state index contributed by atoms with van der Waals surface area (Å²) in [5.41, 5.74) is 7.83. The number of hydrogen-bond acceptors (Lipinski definition) is 5. The minimum Gasteiger partial charge on any atom is -0.366 e. The number of primary amides is 1. The molecule has 2 aromatic carbocycles. The number of nitrogens with one attached hydrogen (secondary N) is 1. The molecule has 0 saturated carbocycles. The number of nitrogens with two attached hydrogens (primary N) is 1. The summed E-state index contributed by atoms with van der Waals surface area (Å²) in [4.78, 5) is 23.7. The zero-order chi connectivity index (χ0) is 19.5. The van der Waals surface area contributed by atoms with Gasteiger partial charge in [-0.05, 0) is 37.2 Å². The van der Waals surface area contributed by atoms with Crippen molar-refractivity contribution >= 4 is 22.6 Å². The minimum absolute atomic E-state index is 0.0986. The number of hydrogen-bond donors (Lipinski definition) is 2. The van der Waals surface area contributed by atoms with Gasteiger partial charge >= 0.3 is 0 Å². The van der Waals surface area contributed by atoms with Crippen LogP contribution in [-0.2, 0) is 6.42 Å². The van der Waals surface area contributed by atoms with E-state index < -0.39 is 5.91 Å². The number of para-hydroxylation sites is 1. The summed E-state index contributed by atoms with van der Waals surface area (Å²) in [6.45, 7) is 5.17. The first-order chi connectivity index (χ1) is 13.7. The molecule has 0 radical (unpaired) electrons. The molecule has 3 N–H and O–H groups in total. The molecule has 4 rings (SSSR count). The van der Waals surface area contributed by atoms with E-state index in [1.807, 2.05) is 25.1 Å². The van der Waals surface area contributed by atoms with E-state index in [2.05, 4.69) is 39.5 Å². The second kappa shape index (κ2) is 7.94. The molecule has 2 heterocycles. The predicted molar refractivity (Wildman–Crippen MR) is 111 cm³/mol. The van der Waals surface area contributed by atoms with Gasteiger partial charge in [-0.3, -0.25) is 4.79 Å². The zero-order valence-electron chi connectivity index (χ0n) is 16.1. The molecule has 3 aromatic rings. The highest BCUT2D eigenvalue weighted by Crippen LogP contribution is 2.28. The van der Waals surface area contributed by atoms with Gasteiger partial charge in [0, 0.05) is 18.4 Å². The van der Waals surface area contributed by atoms with Crippen LogP contribution in [0.1, 0.15) is 41.1 Å². The Kier molecular flexibility index (Phi) is 5.21. The maximum Gasteiger partial charge on any atom is 0.250 e. The number of rotatable bonds is 7. The van der Waals surface area contributed by atoms with Crippen molar-refractivity contribution in [2.24, 2.45) is 5.73 Å². The first-order valence-corrected chi connectivity index (χ1v) is 9.79. The molecule has 1 saturated heterocycles. The van der Waals surface area contributed by atoms with Crippen molar-refractivity contribution in [3.63, 3.8) is 0 Å². The standard InChI is InChI=1S/C22H25N5O/c1-2-19-25-20-16(21(23)28)10-6-11-17(20)22(26-19)24-18(14-27-12-7-13-27)15-8-4-3-5-9-15/h3-6,8-11,18H,2,7,12-14H2,1H3,(H2,23,28)(H,24,25,26). The van der Waals surface area contributed by atoms with E-state index in [4.69, 9.17) is 10.7 Å². The third kappa shape index (κ3) is 3.68. The van der Waals surface area contributed by atoms with E-state index in [0.29, 0.717) is 23.3 Å². The van der Waals surface area contributed by atoms with Crippen molar-refractivity contribution in [3.05, 3.63) is 65.5 Å². The highest BCUT2D eigenvalue weighted by molar-refractivity contribution is 6.07. The second-order valence-corrected chi connectivity index (χ2v) is 7.17. The van der Waals surface area contributed by atoms with Crippen molar-refractivity contribution in [3.8, 4) is 0 Å². The lowest BCUT2D eigenvalue weighted by Crippen LogP contribution is -2.41. The van der Waals surface area contributed by atoms with E-state index in [0.717, 1.165) is 30.8 Å². The molecule has 0 aliphatic carbocycles. The topological polar surface area (TPSA) is 84.1 Å². The molecule has 1 aliphatic heterocycles. The van der Waals surface area contributed by atoms with Crippen LogP contribution in [0.5, 0.6) is 0 Å². The number of carbonyl (C=O) groups is 1. The number of anilines is 1. The molecule has 6 nitrogen and oxygen atoms in total. The van der Waals surface area contributed by atoms with Crippen LogP contribution in [0.15, 0.2) is 48.5 Å². The molecular weight excluding hydrogens is 350 g/mol. The van der Waals surface area contributed by atoms with Crippen LogP contribution in [-0.4, -0.2) is 40.4 Å². The van der Waals surface area contributed by atoms with Crippen LogP contribution in [0, 0.1) is 0 Å². The van der Waals surface area contributed by atoms with Gasteiger partial charge in [0.05, 0.1) is 17.1 Å². The van der Waals surface area contributed by atoms with Gasteiger partial charge in [0.2, 0.25) is 0 Å². The Morgan fingerprint density at radius 3 is 2.57 bits per heavy atom. The van der Waals surface area contributed by atoms with Gasteiger partial charge in [0.1, 0.15) is 11.6 Å². The fourth-order valence-electron chi connectivity index (χ4n) is 3.57. The molecule has 0 spiro atoms. The monoisotopic (exact) mass is 375 g/mol. The third-order valence-corrected chi connectivity index (χ3v) is 5.26.